The van der Waals surface area contributed by atoms with Gasteiger partial charge in [0.05, 0.1) is 17.9 Å². The van der Waals surface area contributed by atoms with Crippen molar-refractivity contribution in [1.29, 1.82) is 0 Å². The van der Waals surface area contributed by atoms with E-state index >= 15 is 0 Å². The van der Waals surface area contributed by atoms with Crippen LogP contribution in [0.4, 0.5) is 11.4 Å². The quantitative estimate of drug-likeness (QED) is 0.886. The Morgan fingerprint density at radius 2 is 1.68 bits per heavy atom. The molecule has 1 fully saturated rings. The van der Waals surface area contributed by atoms with Crippen LogP contribution in [0.2, 0.25) is 0 Å². The third-order valence-electron chi connectivity index (χ3n) is 5.66. The van der Waals surface area contributed by atoms with E-state index in [1.165, 1.54) is 11.1 Å². The van der Waals surface area contributed by atoms with Crippen molar-refractivity contribution in [1.82, 2.24) is 4.90 Å². The van der Waals surface area contributed by atoms with Crippen LogP contribution in [-0.4, -0.2) is 36.3 Å². The third kappa shape index (κ3) is 4.19. The maximum absolute atomic E-state index is 12.6. The first-order valence-corrected chi connectivity index (χ1v) is 10.2. The first-order valence-electron chi connectivity index (χ1n) is 10.2. The Bertz CT molecular complexity index is 864. The summed E-state index contributed by atoms with van der Waals surface area (Å²) in [7, 11) is 0. The van der Waals surface area contributed by atoms with Gasteiger partial charge in [-0.05, 0) is 42.5 Å². The summed E-state index contributed by atoms with van der Waals surface area (Å²) in [5, 5.41) is 3.05. The first kappa shape index (κ1) is 18.5. The SMILES string of the molecule is O=C(CN1CCCCCC1=O)Nc1ccccc1N1CCc2ccccc2C1. The van der Waals surface area contributed by atoms with Crippen molar-refractivity contribution in [3.05, 3.63) is 59.7 Å². The summed E-state index contributed by atoms with van der Waals surface area (Å²) in [5.41, 5.74) is 4.59. The zero-order valence-corrected chi connectivity index (χ0v) is 16.2. The molecule has 0 spiro atoms. The van der Waals surface area contributed by atoms with Crippen molar-refractivity contribution >= 4 is 23.2 Å². The normalized spacial score (nSPS) is 17.1. The lowest BCUT2D eigenvalue weighted by Gasteiger charge is -2.32. The molecule has 0 aliphatic carbocycles. The second-order valence-electron chi connectivity index (χ2n) is 7.63. The molecule has 146 valence electrons. The molecule has 0 unspecified atom stereocenters. The first-order chi connectivity index (χ1) is 13.7. The number of carbonyl (C=O) groups excluding carboxylic acids is 2. The number of nitrogens with zero attached hydrogens (tertiary/aromatic N) is 2. The fourth-order valence-corrected chi connectivity index (χ4v) is 4.13. The number of anilines is 2. The van der Waals surface area contributed by atoms with Gasteiger partial charge in [0, 0.05) is 26.1 Å². The van der Waals surface area contributed by atoms with E-state index < -0.39 is 0 Å². The molecule has 2 heterocycles. The molecule has 2 aromatic rings. The predicted molar refractivity (Wildman–Crippen MR) is 111 cm³/mol. The lowest BCUT2D eigenvalue weighted by molar-refractivity contribution is -0.134. The zero-order chi connectivity index (χ0) is 19.3. The summed E-state index contributed by atoms with van der Waals surface area (Å²) < 4.78 is 0. The molecule has 2 aromatic carbocycles. The van der Waals surface area contributed by atoms with Gasteiger partial charge in [0.1, 0.15) is 0 Å². The number of rotatable bonds is 4. The molecular weight excluding hydrogens is 350 g/mol. The Morgan fingerprint density at radius 1 is 0.893 bits per heavy atom. The lowest BCUT2D eigenvalue weighted by Crippen LogP contribution is -2.38. The minimum Gasteiger partial charge on any atom is -0.365 e. The molecule has 0 bridgehead atoms. The number of fused-ring (bicyclic) bond motifs is 1. The minimum absolute atomic E-state index is 0.0913. The number of carbonyl (C=O) groups is 2. The Morgan fingerprint density at radius 3 is 2.57 bits per heavy atom. The molecule has 28 heavy (non-hydrogen) atoms. The topological polar surface area (TPSA) is 52.7 Å². The van der Waals surface area contributed by atoms with Crippen LogP contribution in [0.15, 0.2) is 48.5 Å². The average molecular weight is 377 g/mol. The number of benzene rings is 2. The maximum Gasteiger partial charge on any atom is 0.244 e. The van der Waals surface area contributed by atoms with E-state index in [1.54, 1.807) is 4.90 Å². The summed E-state index contributed by atoms with van der Waals surface area (Å²) in [6.07, 6.45) is 4.51. The van der Waals surface area contributed by atoms with Crippen LogP contribution in [0.1, 0.15) is 36.8 Å². The molecule has 0 saturated carbocycles. The van der Waals surface area contributed by atoms with E-state index in [4.69, 9.17) is 0 Å². The molecule has 1 N–H and O–H groups in total. The fraction of sp³-hybridized carbons (Fsp3) is 0.391. The number of likely N-dealkylation sites (tertiary alicyclic amines) is 1. The molecule has 4 rings (SSSR count). The van der Waals surface area contributed by atoms with E-state index in [0.29, 0.717) is 13.0 Å². The van der Waals surface area contributed by atoms with E-state index in [1.807, 2.05) is 18.2 Å². The van der Waals surface area contributed by atoms with Gasteiger partial charge in [0.15, 0.2) is 0 Å². The van der Waals surface area contributed by atoms with Crippen molar-refractivity contribution in [2.24, 2.45) is 0 Å². The molecule has 1 saturated heterocycles. The van der Waals surface area contributed by atoms with Gasteiger partial charge in [-0.1, -0.05) is 42.8 Å². The highest BCUT2D eigenvalue weighted by Gasteiger charge is 2.22. The van der Waals surface area contributed by atoms with Crippen LogP contribution in [0.5, 0.6) is 0 Å². The molecule has 2 amide bonds. The Kier molecular flexibility index (Phi) is 5.60. The number of hydrogen-bond donors (Lipinski definition) is 1. The van der Waals surface area contributed by atoms with Crippen molar-refractivity contribution < 1.29 is 9.59 Å². The molecule has 0 aromatic heterocycles. The zero-order valence-electron chi connectivity index (χ0n) is 16.2. The van der Waals surface area contributed by atoms with Crippen molar-refractivity contribution in [2.75, 3.05) is 29.9 Å². The average Bonchev–Trinajstić information content (AvgIpc) is 2.92. The van der Waals surface area contributed by atoms with Crippen molar-refractivity contribution in [3.63, 3.8) is 0 Å². The smallest absolute Gasteiger partial charge is 0.244 e. The summed E-state index contributed by atoms with van der Waals surface area (Å²) in [6, 6.07) is 16.5. The Hall–Kier alpha value is -2.82. The van der Waals surface area contributed by atoms with Crippen LogP contribution in [0.25, 0.3) is 0 Å². The molecule has 2 aliphatic rings. The summed E-state index contributed by atoms with van der Waals surface area (Å²) in [6.45, 7) is 2.58. The van der Waals surface area contributed by atoms with Crippen LogP contribution >= 0.6 is 0 Å². The van der Waals surface area contributed by atoms with Crippen LogP contribution in [0.3, 0.4) is 0 Å². The van der Waals surface area contributed by atoms with E-state index in [-0.39, 0.29) is 18.4 Å². The van der Waals surface area contributed by atoms with Gasteiger partial charge in [-0.3, -0.25) is 9.59 Å². The van der Waals surface area contributed by atoms with E-state index in [0.717, 1.165) is 50.1 Å². The van der Waals surface area contributed by atoms with Crippen molar-refractivity contribution in [3.8, 4) is 0 Å². The van der Waals surface area contributed by atoms with Crippen LogP contribution in [-0.2, 0) is 22.6 Å². The molecule has 5 nitrogen and oxygen atoms in total. The van der Waals surface area contributed by atoms with Gasteiger partial charge in [-0.15, -0.1) is 0 Å². The molecule has 0 atom stereocenters. The number of nitrogens with one attached hydrogen (secondary N) is 1. The maximum atomic E-state index is 12.6. The summed E-state index contributed by atoms with van der Waals surface area (Å²) in [4.78, 5) is 28.8. The van der Waals surface area contributed by atoms with Gasteiger partial charge in [0.2, 0.25) is 11.8 Å². The molecule has 0 radical (unpaired) electrons. The highest BCUT2D eigenvalue weighted by Crippen LogP contribution is 2.30. The predicted octanol–water partition coefficient (Wildman–Crippen LogP) is 3.59. The van der Waals surface area contributed by atoms with E-state index in [9.17, 15) is 9.59 Å². The number of para-hydroxylation sites is 2. The monoisotopic (exact) mass is 377 g/mol. The van der Waals surface area contributed by atoms with Gasteiger partial charge < -0.3 is 15.1 Å². The Balaban J connectivity index is 1.46. The summed E-state index contributed by atoms with van der Waals surface area (Å²) >= 11 is 0. The second kappa shape index (κ2) is 8.46. The van der Waals surface area contributed by atoms with E-state index in [2.05, 4.69) is 40.5 Å². The van der Waals surface area contributed by atoms with Crippen LogP contribution in [0, 0.1) is 0 Å². The lowest BCUT2D eigenvalue weighted by atomic mass is 9.99. The highest BCUT2D eigenvalue weighted by molar-refractivity contribution is 5.97. The second-order valence-corrected chi connectivity index (χ2v) is 7.63. The summed E-state index contributed by atoms with van der Waals surface area (Å²) in [5.74, 6) is -0.0336. The van der Waals surface area contributed by atoms with Gasteiger partial charge in [-0.2, -0.15) is 0 Å². The highest BCUT2D eigenvalue weighted by atomic mass is 16.2. The molecular formula is C23H27N3O2. The van der Waals surface area contributed by atoms with Gasteiger partial charge >= 0.3 is 0 Å². The number of amides is 2. The largest absolute Gasteiger partial charge is 0.365 e. The van der Waals surface area contributed by atoms with Gasteiger partial charge in [0.25, 0.3) is 0 Å². The van der Waals surface area contributed by atoms with Crippen LogP contribution < -0.4 is 10.2 Å². The minimum atomic E-state index is -0.125. The standard InChI is InChI=1S/C23H27N3O2/c27-22(17-26-14-7-1-2-12-23(26)28)24-20-10-5-6-11-21(20)25-15-13-18-8-3-4-9-19(18)16-25/h3-6,8-11H,1-2,7,12-17H2,(H,24,27). The molecule has 5 heteroatoms. The molecule has 2 aliphatic heterocycles. The Labute approximate surface area is 166 Å². The number of hydrogen-bond acceptors (Lipinski definition) is 3. The van der Waals surface area contributed by atoms with Crippen molar-refractivity contribution in [2.45, 2.75) is 38.6 Å². The fourth-order valence-electron chi connectivity index (χ4n) is 4.13. The third-order valence-corrected chi connectivity index (χ3v) is 5.66. The van der Waals surface area contributed by atoms with Gasteiger partial charge in [-0.25, -0.2) is 0 Å².